The minimum absolute atomic E-state index is 0.0202. The van der Waals surface area contributed by atoms with Gasteiger partial charge < -0.3 is 10.1 Å². The van der Waals surface area contributed by atoms with Gasteiger partial charge in [0.1, 0.15) is 0 Å². The number of amides is 1. The smallest absolute Gasteiger partial charge is 0.339 e. The quantitative estimate of drug-likeness (QED) is 0.698. The van der Waals surface area contributed by atoms with Crippen LogP contribution in [0, 0.1) is 6.92 Å². The van der Waals surface area contributed by atoms with Gasteiger partial charge in [0.15, 0.2) is 6.10 Å². The molecule has 0 aromatic heterocycles. The Morgan fingerprint density at radius 2 is 1.72 bits per heavy atom. The van der Waals surface area contributed by atoms with Crippen LogP contribution in [0.2, 0.25) is 0 Å². The van der Waals surface area contributed by atoms with Gasteiger partial charge in [-0.2, -0.15) is 0 Å². The third-order valence-corrected chi connectivity index (χ3v) is 6.30. The molecule has 2 aromatic rings. The molecule has 0 spiro atoms. The summed E-state index contributed by atoms with van der Waals surface area (Å²) in [5.41, 5.74) is 2.39. The van der Waals surface area contributed by atoms with E-state index in [-0.39, 0.29) is 10.5 Å². The molecule has 29 heavy (non-hydrogen) atoms. The van der Waals surface area contributed by atoms with Crippen LogP contribution in [0.15, 0.2) is 47.4 Å². The van der Waals surface area contributed by atoms with Crippen LogP contribution >= 0.6 is 0 Å². The minimum atomic E-state index is -3.69. The van der Waals surface area contributed by atoms with Crippen molar-refractivity contribution in [3.8, 4) is 0 Å². The monoisotopic (exact) mass is 418 g/mol. The Hall–Kier alpha value is -2.71. The van der Waals surface area contributed by atoms with Crippen LogP contribution in [-0.2, 0) is 26.0 Å². The van der Waals surface area contributed by atoms with Gasteiger partial charge in [-0.05, 0) is 55.7 Å². The van der Waals surface area contributed by atoms with Gasteiger partial charge in [0.05, 0.1) is 10.5 Å². The van der Waals surface area contributed by atoms with Gasteiger partial charge in [0, 0.05) is 19.8 Å². The SMILES string of the molecule is CCc1ccc(NC(=O)[C@H](C)OC(=O)c2cc(S(=O)(=O)N(C)C)ccc2C)cc1. The van der Waals surface area contributed by atoms with E-state index < -0.39 is 28.0 Å². The first-order valence-corrected chi connectivity index (χ1v) is 10.6. The van der Waals surface area contributed by atoms with Crippen molar-refractivity contribution in [2.45, 2.75) is 38.2 Å². The number of benzene rings is 2. The fourth-order valence-electron chi connectivity index (χ4n) is 2.54. The molecule has 0 bridgehead atoms. The Morgan fingerprint density at radius 3 is 2.28 bits per heavy atom. The van der Waals surface area contributed by atoms with E-state index in [1.165, 1.54) is 39.2 Å². The van der Waals surface area contributed by atoms with Gasteiger partial charge in [-0.25, -0.2) is 17.5 Å². The summed E-state index contributed by atoms with van der Waals surface area (Å²) in [6, 6.07) is 11.6. The Bertz CT molecular complexity index is 998. The minimum Gasteiger partial charge on any atom is -0.449 e. The first-order valence-electron chi connectivity index (χ1n) is 9.20. The Morgan fingerprint density at radius 1 is 1.10 bits per heavy atom. The molecule has 0 fully saturated rings. The van der Waals surface area contributed by atoms with Crippen molar-refractivity contribution in [3.63, 3.8) is 0 Å². The number of hydrogen-bond acceptors (Lipinski definition) is 5. The second kappa shape index (κ2) is 9.19. The van der Waals surface area contributed by atoms with Gasteiger partial charge in [0.25, 0.3) is 5.91 Å². The predicted octanol–water partition coefficient (Wildman–Crippen LogP) is 2.99. The summed E-state index contributed by atoms with van der Waals surface area (Å²) in [6.07, 6.45) is -0.161. The number of hydrogen-bond donors (Lipinski definition) is 1. The molecule has 2 aromatic carbocycles. The van der Waals surface area contributed by atoms with Crippen LogP contribution in [0.3, 0.4) is 0 Å². The zero-order valence-electron chi connectivity index (χ0n) is 17.2. The molecule has 0 heterocycles. The summed E-state index contributed by atoms with van der Waals surface area (Å²) < 4.78 is 30.9. The molecule has 0 saturated carbocycles. The summed E-state index contributed by atoms with van der Waals surface area (Å²) in [5.74, 6) is -1.24. The summed E-state index contributed by atoms with van der Waals surface area (Å²) in [4.78, 5) is 24.9. The van der Waals surface area contributed by atoms with Crippen molar-refractivity contribution < 1.29 is 22.7 Å². The molecule has 0 saturated heterocycles. The van der Waals surface area contributed by atoms with Crippen LogP contribution < -0.4 is 5.32 Å². The summed E-state index contributed by atoms with van der Waals surface area (Å²) in [6.45, 7) is 5.17. The molecule has 0 aliphatic carbocycles. The molecule has 0 unspecified atom stereocenters. The lowest BCUT2D eigenvalue weighted by molar-refractivity contribution is -0.123. The number of aryl methyl sites for hydroxylation is 2. The Balaban J connectivity index is 2.13. The molecular formula is C21H26N2O5S. The number of anilines is 1. The zero-order chi connectivity index (χ0) is 21.8. The maximum atomic E-state index is 12.6. The fraction of sp³-hybridized carbons (Fsp3) is 0.333. The molecule has 1 N–H and O–H groups in total. The summed E-state index contributed by atoms with van der Waals surface area (Å²) >= 11 is 0. The molecule has 1 amide bonds. The number of carbonyl (C=O) groups excluding carboxylic acids is 2. The van der Waals surface area contributed by atoms with Gasteiger partial charge in [-0.1, -0.05) is 25.1 Å². The van der Waals surface area contributed by atoms with E-state index in [4.69, 9.17) is 4.74 Å². The van der Waals surface area contributed by atoms with Crippen molar-refractivity contribution in [3.05, 3.63) is 59.2 Å². The summed E-state index contributed by atoms with van der Waals surface area (Å²) in [5, 5.41) is 2.70. The maximum absolute atomic E-state index is 12.6. The third kappa shape index (κ3) is 5.42. The van der Waals surface area contributed by atoms with Crippen molar-refractivity contribution >= 4 is 27.6 Å². The van der Waals surface area contributed by atoms with Crippen LogP contribution in [-0.4, -0.2) is 44.8 Å². The van der Waals surface area contributed by atoms with Crippen molar-refractivity contribution in [2.75, 3.05) is 19.4 Å². The number of nitrogens with one attached hydrogen (secondary N) is 1. The van der Waals surface area contributed by atoms with Gasteiger partial charge in [-0.3, -0.25) is 4.79 Å². The highest BCUT2D eigenvalue weighted by atomic mass is 32.2. The zero-order valence-corrected chi connectivity index (χ0v) is 18.0. The molecule has 0 aliphatic heterocycles. The number of nitrogens with zero attached hydrogens (tertiary/aromatic N) is 1. The second-order valence-corrected chi connectivity index (χ2v) is 9.00. The van der Waals surface area contributed by atoms with Crippen molar-refractivity contribution in [1.82, 2.24) is 4.31 Å². The van der Waals surface area contributed by atoms with Crippen molar-refractivity contribution in [1.29, 1.82) is 0 Å². The van der Waals surface area contributed by atoms with Crippen LogP contribution in [0.1, 0.15) is 35.3 Å². The Labute approximate surface area is 171 Å². The predicted molar refractivity (Wildman–Crippen MR) is 111 cm³/mol. The highest BCUT2D eigenvalue weighted by Gasteiger charge is 2.23. The first kappa shape index (κ1) is 22.6. The normalized spacial score (nSPS) is 12.5. The lowest BCUT2D eigenvalue weighted by atomic mass is 10.1. The first-order chi connectivity index (χ1) is 13.6. The van der Waals surface area contributed by atoms with Crippen molar-refractivity contribution in [2.24, 2.45) is 0 Å². The molecule has 0 radical (unpaired) electrons. The van der Waals surface area contributed by atoms with Gasteiger partial charge >= 0.3 is 5.97 Å². The molecule has 156 valence electrons. The number of rotatable bonds is 7. The topological polar surface area (TPSA) is 92.8 Å². The van der Waals surface area contributed by atoms with E-state index in [2.05, 4.69) is 5.32 Å². The average molecular weight is 419 g/mol. The van der Waals surface area contributed by atoms with E-state index >= 15 is 0 Å². The van der Waals surface area contributed by atoms with Crippen LogP contribution in [0.5, 0.6) is 0 Å². The number of carbonyl (C=O) groups is 2. The van der Waals surface area contributed by atoms with Crippen LogP contribution in [0.4, 0.5) is 5.69 Å². The molecule has 8 heteroatoms. The fourth-order valence-corrected chi connectivity index (χ4v) is 3.47. The van der Waals surface area contributed by atoms with Gasteiger partial charge in [0.2, 0.25) is 10.0 Å². The lowest BCUT2D eigenvalue weighted by Crippen LogP contribution is -2.30. The largest absolute Gasteiger partial charge is 0.449 e. The third-order valence-electron chi connectivity index (χ3n) is 4.49. The summed E-state index contributed by atoms with van der Waals surface area (Å²) in [7, 11) is -0.876. The second-order valence-electron chi connectivity index (χ2n) is 6.85. The highest BCUT2D eigenvalue weighted by Crippen LogP contribution is 2.19. The molecule has 2 rings (SSSR count). The number of ether oxygens (including phenoxy) is 1. The molecule has 1 atom stereocenters. The lowest BCUT2D eigenvalue weighted by Gasteiger charge is -2.16. The van der Waals surface area contributed by atoms with E-state index in [9.17, 15) is 18.0 Å². The highest BCUT2D eigenvalue weighted by molar-refractivity contribution is 7.89. The molecule has 0 aliphatic rings. The van der Waals surface area contributed by atoms with Gasteiger partial charge in [-0.15, -0.1) is 0 Å². The number of esters is 1. The van der Waals surface area contributed by atoms with E-state index in [0.717, 1.165) is 16.3 Å². The van der Waals surface area contributed by atoms with E-state index in [1.54, 1.807) is 19.1 Å². The number of sulfonamides is 1. The van der Waals surface area contributed by atoms with E-state index in [0.29, 0.717) is 11.3 Å². The van der Waals surface area contributed by atoms with E-state index in [1.807, 2.05) is 19.1 Å². The average Bonchev–Trinajstić information content (AvgIpc) is 2.68. The standard InChI is InChI=1S/C21H26N2O5S/c1-6-16-8-10-17(11-9-16)22-20(24)15(3)28-21(25)19-13-18(12-7-14(19)2)29(26,27)23(4)5/h7-13,15H,6H2,1-5H3,(H,22,24)/t15-/m0/s1. The maximum Gasteiger partial charge on any atom is 0.339 e. The molecule has 7 nitrogen and oxygen atoms in total. The Kier molecular flexibility index (Phi) is 7.16. The van der Waals surface area contributed by atoms with Crippen LogP contribution in [0.25, 0.3) is 0 Å². The molecular weight excluding hydrogens is 392 g/mol.